The van der Waals surface area contributed by atoms with Crippen LogP contribution in [0, 0.1) is 13.8 Å². The van der Waals surface area contributed by atoms with E-state index < -0.39 is 15.1 Å². The maximum Gasteiger partial charge on any atom is 0.182 e. The number of aryl methyl sites for hydroxylation is 2. The second-order valence-corrected chi connectivity index (χ2v) is 15.0. The normalized spacial score (nSPS) is 18.6. The Morgan fingerprint density at radius 3 is 2.50 bits per heavy atom. The molecule has 8 nitrogen and oxygen atoms in total. The molecule has 0 saturated carbocycles. The van der Waals surface area contributed by atoms with E-state index in [0.717, 1.165) is 78.7 Å². The standard InChI is InChI=1S/C35H47N5O3S/c1-22(2)43-31-20-27(26-15-17-36-18-16-26)24(5)19-30(31)39-33-14-10-8-12-29(34-25(6)21-37-35(34)40-33)38-28-11-7-9-13-32(28)44(41,42)23(3)4/h7,9,11,13-14,19-23,26,36-37,39-40H,8,10,12,15-18H2,1-6H3/b33-14+,38-29?. The molecule has 5 rings (SSSR count). The number of nitrogens with one attached hydrogen (secondary N) is 4. The van der Waals surface area contributed by atoms with Crippen LogP contribution in [0.25, 0.3) is 0 Å². The fraction of sp³-hybridized carbons (Fsp3) is 0.457. The summed E-state index contributed by atoms with van der Waals surface area (Å²) >= 11 is 0. The van der Waals surface area contributed by atoms with Gasteiger partial charge in [0.15, 0.2) is 9.84 Å². The van der Waals surface area contributed by atoms with Crippen molar-refractivity contribution in [2.45, 2.75) is 95.8 Å². The van der Waals surface area contributed by atoms with E-state index in [1.807, 2.05) is 12.3 Å². The summed E-state index contributed by atoms with van der Waals surface area (Å²) in [5, 5.41) is 10.2. The lowest BCUT2D eigenvalue weighted by atomic mass is 9.87. The van der Waals surface area contributed by atoms with Crippen molar-refractivity contribution >= 4 is 32.7 Å². The van der Waals surface area contributed by atoms with Crippen LogP contribution in [0.5, 0.6) is 5.75 Å². The lowest BCUT2D eigenvalue weighted by molar-refractivity contribution is 0.243. The van der Waals surface area contributed by atoms with E-state index in [4.69, 9.17) is 9.73 Å². The molecule has 3 heterocycles. The Hall–Kier alpha value is -3.56. The van der Waals surface area contributed by atoms with Gasteiger partial charge in [-0.05, 0) is 140 Å². The Bertz CT molecular complexity index is 1650. The fourth-order valence-electron chi connectivity index (χ4n) is 6.07. The number of nitrogens with zero attached hydrogens (tertiary/aromatic N) is 1. The number of anilines is 2. The minimum absolute atomic E-state index is 0.0421. The molecule has 236 valence electrons. The van der Waals surface area contributed by atoms with Gasteiger partial charge in [-0.1, -0.05) is 12.1 Å². The first-order chi connectivity index (χ1) is 21.0. The molecule has 1 fully saturated rings. The van der Waals surface area contributed by atoms with Gasteiger partial charge in [0, 0.05) is 11.8 Å². The summed E-state index contributed by atoms with van der Waals surface area (Å²) in [5.41, 5.74) is 6.91. The van der Waals surface area contributed by atoms with Crippen molar-refractivity contribution < 1.29 is 13.2 Å². The van der Waals surface area contributed by atoms with Crippen molar-refractivity contribution in [2.75, 3.05) is 23.7 Å². The molecule has 0 spiro atoms. The minimum atomic E-state index is -3.49. The van der Waals surface area contributed by atoms with Crippen molar-refractivity contribution in [3.63, 3.8) is 0 Å². The number of para-hydroxylation sites is 1. The van der Waals surface area contributed by atoms with Gasteiger partial charge in [-0.25, -0.2) is 8.42 Å². The zero-order valence-corrected chi connectivity index (χ0v) is 27.7. The first kappa shape index (κ1) is 31.9. The highest BCUT2D eigenvalue weighted by Crippen LogP contribution is 2.37. The smallest absolute Gasteiger partial charge is 0.182 e. The molecular formula is C35H47N5O3S. The molecule has 2 aliphatic rings. The fourth-order valence-corrected chi connectivity index (χ4v) is 7.25. The van der Waals surface area contributed by atoms with Crippen LogP contribution in [-0.2, 0) is 9.84 Å². The molecule has 1 aromatic heterocycles. The van der Waals surface area contributed by atoms with Crippen LogP contribution in [0.4, 0.5) is 17.2 Å². The van der Waals surface area contributed by atoms with E-state index >= 15 is 0 Å². The van der Waals surface area contributed by atoms with Crippen molar-refractivity contribution in [3.05, 3.63) is 76.7 Å². The van der Waals surface area contributed by atoms with Crippen molar-refractivity contribution in [1.29, 1.82) is 0 Å². The highest BCUT2D eigenvalue weighted by Gasteiger charge is 2.25. The SMILES string of the molecule is Cc1cc(N/C2=C\CCCC(=Nc3ccccc3S(=O)(=O)C(C)C)c3c(C)c[nH]c3N2)c(OC(C)C)cc1C1CCNCC1. The number of sulfone groups is 1. The predicted molar refractivity (Wildman–Crippen MR) is 181 cm³/mol. The third kappa shape index (κ3) is 7.05. The maximum absolute atomic E-state index is 13.2. The molecule has 2 aliphatic heterocycles. The molecule has 0 atom stereocenters. The zero-order valence-electron chi connectivity index (χ0n) is 26.9. The molecule has 0 radical (unpaired) electrons. The number of benzene rings is 2. The minimum Gasteiger partial charge on any atom is -0.489 e. The predicted octanol–water partition coefficient (Wildman–Crippen LogP) is 7.74. The lowest BCUT2D eigenvalue weighted by Gasteiger charge is -2.27. The highest BCUT2D eigenvalue weighted by atomic mass is 32.2. The van der Waals surface area contributed by atoms with Gasteiger partial charge in [-0.3, -0.25) is 4.99 Å². The van der Waals surface area contributed by atoms with Crippen LogP contribution in [0.3, 0.4) is 0 Å². The summed E-state index contributed by atoms with van der Waals surface area (Å²) in [4.78, 5) is 8.68. The molecule has 0 aliphatic carbocycles. The third-order valence-electron chi connectivity index (χ3n) is 8.42. The number of aromatic nitrogens is 1. The number of rotatable bonds is 8. The highest BCUT2D eigenvalue weighted by molar-refractivity contribution is 7.92. The van der Waals surface area contributed by atoms with Gasteiger partial charge < -0.3 is 25.7 Å². The summed E-state index contributed by atoms with van der Waals surface area (Å²) in [6.07, 6.45) is 8.83. The van der Waals surface area contributed by atoms with Gasteiger partial charge in [0.1, 0.15) is 17.4 Å². The van der Waals surface area contributed by atoms with E-state index in [9.17, 15) is 8.42 Å². The van der Waals surface area contributed by atoms with Gasteiger partial charge >= 0.3 is 0 Å². The van der Waals surface area contributed by atoms with Gasteiger partial charge in [-0.2, -0.15) is 0 Å². The Balaban J connectivity index is 1.49. The number of ether oxygens (including phenoxy) is 1. The average molecular weight is 618 g/mol. The van der Waals surface area contributed by atoms with E-state index in [-0.39, 0.29) is 11.0 Å². The number of hydrogen-bond acceptors (Lipinski definition) is 7. The lowest BCUT2D eigenvalue weighted by Crippen LogP contribution is -2.27. The van der Waals surface area contributed by atoms with Gasteiger partial charge in [0.2, 0.25) is 0 Å². The summed E-state index contributed by atoms with van der Waals surface area (Å²) in [6, 6.07) is 11.5. The molecule has 0 bridgehead atoms. The molecule has 4 N–H and O–H groups in total. The van der Waals surface area contributed by atoms with E-state index in [2.05, 4.69) is 66.8 Å². The molecule has 0 amide bonds. The van der Waals surface area contributed by atoms with Crippen molar-refractivity contribution in [1.82, 2.24) is 10.3 Å². The van der Waals surface area contributed by atoms with E-state index in [1.54, 1.807) is 32.0 Å². The Labute approximate surface area is 262 Å². The summed E-state index contributed by atoms with van der Waals surface area (Å²) in [5.74, 6) is 3.07. The number of aromatic amines is 1. The number of allylic oxidation sites excluding steroid dienone is 1. The summed E-state index contributed by atoms with van der Waals surface area (Å²) in [6.45, 7) is 13.9. The summed E-state index contributed by atoms with van der Waals surface area (Å²) < 4.78 is 32.7. The summed E-state index contributed by atoms with van der Waals surface area (Å²) in [7, 11) is -3.49. The molecule has 3 aromatic rings. The Kier molecular flexibility index (Phi) is 9.85. The van der Waals surface area contributed by atoms with Gasteiger partial charge in [-0.15, -0.1) is 0 Å². The average Bonchev–Trinajstić information content (AvgIpc) is 3.38. The van der Waals surface area contributed by atoms with Gasteiger partial charge in [0.05, 0.1) is 33.3 Å². The van der Waals surface area contributed by atoms with Crippen LogP contribution in [0.1, 0.15) is 88.0 Å². The van der Waals surface area contributed by atoms with Crippen LogP contribution >= 0.6 is 0 Å². The maximum atomic E-state index is 13.2. The number of piperidine rings is 1. The van der Waals surface area contributed by atoms with Crippen LogP contribution in [-0.4, -0.2) is 43.6 Å². The zero-order chi connectivity index (χ0) is 31.4. The molecule has 1 saturated heterocycles. The molecule has 9 heteroatoms. The monoisotopic (exact) mass is 617 g/mol. The van der Waals surface area contributed by atoms with Crippen LogP contribution < -0.4 is 20.7 Å². The third-order valence-corrected chi connectivity index (χ3v) is 10.6. The quantitative estimate of drug-likeness (QED) is 0.206. The topological polar surface area (TPSA) is 108 Å². The number of H-pyrrole nitrogens is 1. The van der Waals surface area contributed by atoms with E-state index in [1.165, 1.54) is 11.1 Å². The van der Waals surface area contributed by atoms with Crippen molar-refractivity contribution in [2.24, 2.45) is 4.99 Å². The number of aliphatic imine (C=N–C) groups is 1. The van der Waals surface area contributed by atoms with Crippen LogP contribution in [0.2, 0.25) is 0 Å². The molecular weight excluding hydrogens is 570 g/mol. The van der Waals surface area contributed by atoms with Crippen LogP contribution in [0.15, 0.2) is 64.4 Å². The second-order valence-electron chi connectivity index (χ2n) is 12.5. The first-order valence-electron chi connectivity index (χ1n) is 15.9. The first-order valence-corrected chi connectivity index (χ1v) is 17.4. The van der Waals surface area contributed by atoms with Crippen molar-refractivity contribution in [3.8, 4) is 5.75 Å². The molecule has 44 heavy (non-hydrogen) atoms. The second kappa shape index (κ2) is 13.6. The number of hydrogen-bond donors (Lipinski definition) is 4. The Morgan fingerprint density at radius 2 is 1.77 bits per heavy atom. The van der Waals surface area contributed by atoms with Gasteiger partial charge in [0.25, 0.3) is 0 Å². The largest absolute Gasteiger partial charge is 0.489 e. The number of fused-ring (bicyclic) bond motifs is 1. The Morgan fingerprint density at radius 1 is 1.02 bits per heavy atom. The molecule has 0 unspecified atom stereocenters. The van der Waals surface area contributed by atoms with E-state index in [0.29, 0.717) is 18.0 Å². The molecule has 2 aromatic carbocycles.